The van der Waals surface area contributed by atoms with Gasteiger partial charge in [-0.05, 0) is 51.4 Å². The van der Waals surface area contributed by atoms with Crippen LogP contribution in [0.15, 0.2) is 77.6 Å². The Labute approximate surface area is 169 Å². The van der Waals surface area contributed by atoms with Gasteiger partial charge < -0.3 is 10.6 Å². The molecule has 30 heavy (non-hydrogen) atoms. The zero-order valence-corrected chi connectivity index (χ0v) is 15.4. The van der Waals surface area contributed by atoms with E-state index in [1.54, 1.807) is 30.5 Å². The molecule has 2 heterocycles. The molecule has 0 unspecified atom stereocenters. The molecule has 0 fully saturated rings. The highest BCUT2D eigenvalue weighted by atomic mass is 16.6. The third-order valence-corrected chi connectivity index (χ3v) is 4.65. The summed E-state index contributed by atoms with van der Waals surface area (Å²) in [5, 5.41) is 27.8. The fourth-order valence-electron chi connectivity index (χ4n) is 3.30. The number of benzene rings is 3. The van der Waals surface area contributed by atoms with Gasteiger partial charge in [0.05, 0.1) is 10.6 Å². The molecule has 3 aromatic carbocycles. The molecule has 0 spiro atoms. The van der Waals surface area contributed by atoms with Crippen molar-refractivity contribution in [1.82, 2.24) is 15.3 Å². The highest BCUT2D eigenvalue weighted by molar-refractivity contribution is 6.01. The number of nitrogens with one attached hydrogen (secondary N) is 2. The van der Waals surface area contributed by atoms with Crippen LogP contribution in [-0.4, -0.2) is 20.2 Å². The Kier molecular flexibility index (Phi) is 4.18. The first kappa shape index (κ1) is 17.6. The Hall–Kier alpha value is -4.53. The molecule has 0 bridgehead atoms. The molecule has 0 radical (unpaired) electrons. The normalized spacial score (nSPS) is 10.9. The Bertz CT molecular complexity index is 1380. The third-order valence-electron chi connectivity index (χ3n) is 4.65. The molecule has 0 aliphatic rings. The molecule has 0 aliphatic heterocycles. The topological polar surface area (TPSA) is 119 Å². The third kappa shape index (κ3) is 3.14. The highest BCUT2D eigenvalue weighted by Crippen LogP contribution is 2.39. The number of hydrogen-bond acceptors (Lipinski definition) is 8. The van der Waals surface area contributed by atoms with E-state index in [0.717, 1.165) is 16.5 Å². The maximum absolute atomic E-state index is 11.8. The van der Waals surface area contributed by atoms with E-state index in [0.29, 0.717) is 11.5 Å². The van der Waals surface area contributed by atoms with Crippen LogP contribution < -0.4 is 10.6 Å². The van der Waals surface area contributed by atoms with Crippen molar-refractivity contribution in [1.29, 1.82) is 0 Å². The number of fused-ring (bicyclic) bond motifs is 2. The fraction of sp³-hybridized carbons (Fsp3) is 0. The lowest BCUT2D eigenvalue weighted by atomic mass is 10.1. The number of pyridine rings is 1. The van der Waals surface area contributed by atoms with Crippen LogP contribution in [0.2, 0.25) is 0 Å². The van der Waals surface area contributed by atoms with Crippen molar-refractivity contribution in [3.63, 3.8) is 0 Å². The summed E-state index contributed by atoms with van der Waals surface area (Å²) in [6.07, 6.45) is 1.60. The van der Waals surface area contributed by atoms with Gasteiger partial charge in [-0.3, -0.25) is 10.1 Å². The van der Waals surface area contributed by atoms with Gasteiger partial charge in [0.2, 0.25) is 5.52 Å². The van der Waals surface area contributed by atoms with E-state index in [2.05, 4.69) is 25.9 Å². The van der Waals surface area contributed by atoms with Crippen LogP contribution in [0.1, 0.15) is 0 Å². The largest absolute Gasteiger partial charge is 0.354 e. The van der Waals surface area contributed by atoms with Crippen LogP contribution in [0.3, 0.4) is 0 Å². The van der Waals surface area contributed by atoms with Crippen LogP contribution in [-0.2, 0) is 0 Å². The standard InChI is InChI=1S/C21H14N6O3/c28-27(29)21-17(24-18-7-3-4-10-22-18)12-16(19-20(21)26-30-25-19)23-15-9-8-13-5-1-2-6-14(13)11-15/h1-12,23H,(H,22,24). The minimum atomic E-state index is -0.516. The molecular weight excluding hydrogens is 384 g/mol. The first-order valence-electron chi connectivity index (χ1n) is 9.06. The molecule has 5 rings (SSSR count). The maximum atomic E-state index is 11.8. The van der Waals surface area contributed by atoms with Gasteiger partial charge in [-0.1, -0.05) is 36.4 Å². The number of hydrogen-bond donors (Lipinski definition) is 2. The van der Waals surface area contributed by atoms with E-state index in [1.807, 2.05) is 42.5 Å². The highest BCUT2D eigenvalue weighted by Gasteiger charge is 2.26. The van der Waals surface area contributed by atoms with Crippen molar-refractivity contribution in [3.05, 3.63) is 83.0 Å². The van der Waals surface area contributed by atoms with Crippen molar-refractivity contribution in [3.8, 4) is 0 Å². The van der Waals surface area contributed by atoms with Crippen LogP contribution in [0.5, 0.6) is 0 Å². The van der Waals surface area contributed by atoms with Crippen LogP contribution in [0.4, 0.5) is 28.6 Å². The second-order valence-electron chi connectivity index (χ2n) is 6.57. The molecule has 0 saturated heterocycles. The Morgan fingerprint density at radius 2 is 1.63 bits per heavy atom. The lowest BCUT2D eigenvalue weighted by Gasteiger charge is -2.11. The van der Waals surface area contributed by atoms with E-state index in [9.17, 15) is 10.1 Å². The van der Waals surface area contributed by atoms with Crippen molar-refractivity contribution < 1.29 is 9.55 Å². The molecular formula is C21H14N6O3. The molecule has 9 heteroatoms. The summed E-state index contributed by atoms with van der Waals surface area (Å²) in [6.45, 7) is 0. The minimum absolute atomic E-state index is 0.0456. The van der Waals surface area contributed by atoms with Gasteiger partial charge in [0.1, 0.15) is 11.5 Å². The van der Waals surface area contributed by atoms with E-state index < -0.39 is 4.92 Å². The van der Waals surface area contributed by atoms with Gasteiger partial charge in [0, 0.05) is 11.9 Å². The van der Waals surface area contributed by atoms with Crippen LogP contribution in [0.25, 0.3) is 21.8 Å². The smallest absolute Gasteiger partial charge is 0.324 e. The molecule has 0 amide bonds. The van der Waals surface area contributed by atoms with Gasteiger partial charge >= 0.3 is 5.69 Å². The zero-order valence-electron chi connectivity index (χ0n) is 15.4. The SMILES string of the molecule is O=[N+]([O-])c1c(Nc2ccccn2)cc(Nc2ccc3ccccc3c2)c2nonc12. The fourth-order valence-corrected chi connectivity index (χ4v) is 3.30. The van der Waals surface area contributed by atoms with Gasteiger partial charge in [-0.25, -0.2) is 9.61 Å². The van der Waals surface area contributed by atoms with E-state index in [-0.39, 0.29) is 22.4 Å². The number of nitro groups is 1. The quantitative estimate of drug-likeness (QED) is 0.307. The number of rotatable bonds is 5. The van der Waals surface area contributed by atoms with E-state index in [4.69, 9.17) is 4.63 Å². The van der Waals surface area contributed by atoms with Crippen molar-refractivity contribution in [2.24, 2.45) is 0 Å². The number of aromatic nitrogens is 3. The maximum Gasteiger partial charge on any atom is 0.324 e. The van der Waals surface area contributed by atoms with Gasteiger partial charge in [0.15, 0.2) is 5.52 Å². The molecule has 2 N–H and O–H groups in total. The van der Waals surface area contributed by atoms with E-state index in [1.165, 1.54) is 0 Å². The lowest BCUT2D eigenvalue weighted by Crippen LogP contribution is -2.01. The summed E-state index contributed by atoms with van der Waals surface area (Å²) < 4.78 is 4.82. The van der Waals surface area contributed by atoms with Gasteiger partial charge in [-0.15, -0.1) is 0 Å². The Morgan fingerprint density at radius 3 is 2.43 bits per heavy atom. The molecule has 2 aromatic heterocycles. The monoisotopic (exact) mass is 398 g/mol. The zero-order chi connectivity index (χ0) is 20.5. The Morgan fingerprint density at radius 1 is 0.833 bits per heavy atom. The molecule has 5 aromatic rings. The van der Waals surface area contributed by atoms with Crippen LogP contribution >= 0.6 is 0 Å². The molecule has 9 nitrogen and oxygen atoms in total. The summed E-state index contributed by atoms with van der Waals surface area (Å²) >= 11 is 0. The second-order valence-corrected chi connectivity index (χ2v) is 6.57. The van der Waals surface area contributed by atoms with Crippen molar-refractivity contribution in [2.75, 3.05) is 10.6 Å². The van der Waals surface area contributed by atoms with Crippen molar-refractivity contribution in [2.45, 2.75) is 0 Å². The lowest BCUT2D eigenvalue weighted by molar-refractivity contribution is -0.382. The molecule has 146 valence electrons. The Balaban J connectivity index is 1.63. The summed E-state index contributed by atoms with van der Waals surface area (Å²) in [6, 6.07) is 20.8. The van der Waals surface area contributed by atoms with Crippen LogP contribution in [0, 0.1) is 10.1 Å². The van der Waals surface area contributed by atoms with Gasteiger partial charge in [0.25, 0.3) is 0 Å². The first-order chi connectivity index (χ1) is 14.7. The molecule has 0 saturated carbocycles. The number of anilines is 4. The number of nitro benzene ring substituents is 1. The number of nitrogens with zero attached hydrogens (tertiary/aromatic N) is 4. The summed E-state index contributed by atoms with van der Waals surface area (Å²) in [4.78, 5) is 15.4. The summed E-state index contributed by atoms with van der Waals surface area (Å²) in [5.74, 6) is 0.466. The average Bonchev–Trinajstić information content (AvgIpc) is 3.24. The van der Waals surface area contributed by atoms with Gasteiger partial charge in [-0.2, -0.15) is 0 Å². The predicted molar refractivity (Wildman–Crippen MR) is 113 cm³/mol. The van der Waals surface area contributed by atoms with Crippen molar-refractivity contribution >= 4 is 50.4 Å². The average molecular weight is 398 g/mol. The first-order valence-corrected chi connectivity index (χ1v) is 9.06. The minimum Gasteiger partial charge on any atom is -0.354 e. The summed E-state index contributed by atoms with van der Waals surface area (Å²) in [7, 11) is 0. The molecule has 0 aliphatic carbocycles. The molecule has 0 atom stereocenters. The second kappa shape index (κ2) is 7.13. The summed E-state index contributed by atoms with van der Waals surface area (Å²) in [5.41, 5.74) is 1.62. The predicted octanol–water partition coefficient (Wildman–Crippen LogP) is 5.17. The van der Waals surface area contributed by atoms with E-state index >= 15 is 0 Å².